The third-order valence-electron chi connectivity index (χ3n) is 4.51. The van der Waals surface area contributed by atoms with Crippen molar-refractivity contribution in [2.24, 2.45) is 11.8 Å². The van der Waals surface area contributed by atoms with Crippen LogP contribution in [0.3, 0.4) is 0 Å². The molecule has 1 N–H and O–H groups in total. The Morgan fingerprint density at radius 2 is 1.86 bits per heavy atom. The van der Waals surface area contributed by atoms with Crippen molar-refractivity contribution in [2.45, 2.75) is 56.7 Å². The normalized spacial score (nSPS) is 51.6. The first-order valence-corrected chi connectivity index (χ1v) is 6.08. The fourth-order valence-corrected chi connectivity index (χ4v) is 4.01. The van der Waals surface area contributed by atoms with E-state index in [1.807, 2.05) is 0 Å². The second-order valence-electron chi connectivity index (χ2n) is 5.60. The second-order valence-corrected chi connectivity index (χ2v) is 5.60. The first-order chi connectivity index (χ1) is 6.80. The molecule has 3 atom stereocenters. The molecule has 3 rings (SSSR count). The van der Waals surface area contributed by atoms with Crippen LogP contribution in [-0.4, -0.2) is 23.4 Å². The average molecular weight is 196 g/mol. The van der Waals surface area contributed by atoms with Gasteiger partial charge in [0.25, 0.3) is 0 Å². The fourth-order valence-electron chi connectivity index (χ4n) is 4.01. The molecule has 2 saturated carbocycles. The molecule has 1 spiro atoms. The Morgan fingerprint density at radius 3 is 2.43 bits per heavy atom. The highest BCUT2D eigenvalue weighted by Gasteiger charge is 2.48. The first-order valence-electron chi connectivity index (χ1n) is 6.08. The second kappa shape index (κ2) is 3.21. The molecule has 14 heavy (non-hydrogen) atoms. The summed E-state index contributed by atoms with van der Waals surface area (Å²) < 4.78 is 6.07. The minimum Gasteiger partial charge on any atom is -0.394 e. The van der Waals surface area contributed by atoms with Gasteiger partial charge in [0.1, 0.15) is 0 Å². The van der Waals surface area contributed by atoms with Gasteiger partial charge in [0.05, 0.1) is 18.3 Å². The van der Waals surface area contributed by atoms with Crippen LogP contribution in [0.25, 0.3) is 0 Å². The minimum atomic E-state index is 0.146. The maximum atomic E-state index is 9.10. The highest BCUT2D eigenvalue weighted by molar-refractivity contribution is 4.99. The van der Waals surface area contributed by atoms with Crippen LogP contribution in [0.4, 0.5) is 0 Å². The Bertz CT molecular complexity index is 214. The van der Waals surface area contributed by atoms with Crippen LogP contribution in [-0.2, 0) is 4.74 Å². The van der Waals surface area contributed by atoms with Gasteiger partial charge in [0.15, 0.2) is 0 Å². The Hall–Kier alpha value is -0.0800. The number of rotatable bonds is 1. The van der Waals surface area contributed by atoms with Crippen molar-refractivity contribution in [1.82, 2.24) is 0 Å². The van der Waals surface area contributed by atoms with Gasteiger partial charge in [-0.2, -0.15) is 0 Å². The van der Waals surface area contributed by atoms with Gasteiger partial charge in [0, 0.05) is 0 Å². The van der Waals surface area contributed by atoms with E-state index in [0.717, 1.165) is 18.3 Å². The molecule has 0 aromatic rings. The molecule has 2 bridgehead atoms. The highest BCUT2D eigenvalue weighted by atomic mass is 16.5. The van der Waals surface area contributed by atoms with E-state index >= 15 is 0 Å². The van der Waals surface area contributed by atoms with Crippen LogP contribution in [0.15, 0.2) is 0 Å². The van der Waals surface area contributed by atoms with Crippen molar-refractivity contribution in [1.29, 1.82) is 0 Å². The molecule has 3 aliphatic rings. The summed E-state index contributed by atoms with van der Waals surface area (Å²) in [5.41, 5.74) is 0.192. The van der Waals surface area contributed by atoms with Gasteiger partial charge in [0.2, 0.25) is 0 Å². The summed E-state index contributed by atoms with van der Waals surface area (Å²) in [6, 6.07) is 0. The summed E-state index contributed by atoms with van der Waals surface area (Å²) in [7, 11) is 0. The van der Waals surface area contributed by atoms with Crippen molar-refractivity contribution >= 4 is 0 Å². The van der Waals surface area contributed by atoms with E-state index in [-0.39, 0.29) is 18.3 Å². The molecule has 1 heterocycles. The first kappa shape index (κ1) is 9.17. The average Bonchev–Trinajstić information content (AvgIpc) is 2.72. The molecule has 2 heteroatoms. The maximum Gasteiger partial charge on any atom is 0.0814 e. The molecule has 1 aliphatic heterocycles. The van der Waals surface area contributed by atoms with Gasteiger partial charge in [-0.1, -0.05) is 12.8 Å². The Kier molecular flexibility index (Phi) is 2.10. The molecule has 3 fully saturated rings. The van der Waals surface area contributed by atoms with Crippen LogP contribution < -0.4 is 0 Å². The number of hydrogen-bond acceptors (Lipinski definition) is 2. The Balaban J connectivity index is 1.73. The van der Waals surface area contributed by atoms with Crippen LogP contribution in [0.2, 0.25) is 0 Å². The maximum absolute atomic E-state index is 9.10. The lowest BCUT2D eigenvalue weighted by Crippen LogP contribution is -2.36. The Labute approximate surface area is 85.6 Å². The lowest BCUT2D eigenvalue weighted by atomic mass is 9.76. The summed E-state index contributed by atoms with van der Waals surface area (Å²) in [6.07, 6.45) is 9.29. The molecule has 2 aliphatic carbocycles. The zero-order valence-corrected chi connectivity index (χ0v) is 8.74. The van der Waals surface area contributed by atoms with E-state index in [2.05, 4.69) is 0 Å². The third-order valence-corrected chi connectivity index (χ3v) is 4.51. The van der Waals surface area contributed by atoms with Crippen molar-refractivity contribution < 1.29 is 9.84 Å². The lowest BCUT2D eigenvalue weighted by Gasteiger charge is -2.37. The van der Waals surface area contributed by atoms with Crippen molar-refractivity contribution in [3.63, 3.8) is 0 Å². The molecule has 0 radical (unpaired) electrons. The van der Waals surface area contributed by atoms with E-state index in [0.29, 0.717) is 0 Å². The SMILES string of the molecule is OCC1CCC2(CC3CCC(C3)C2)O1. The number of aliphatic hydroxyl groups excluding tert-OH is 1. The molecular formula is C12H20O2. The third kappa shape index (κ3) is 1.40. The van der Waals surface area contributed by atoms with Crippen LogP contribution in [0.1, 0.15) is 44.9 Å². The monoisotopic (exact) mass is 196 g/mol. The standard InChI is InChI=1S/C12H20O2/c13-8-11-3-4-12(14-11)6-9-1-2-10(5-9)7-12/h9-11,13H,1-8H2. The Morgan fingerprint density at radius 1 is 1.14 bits per heavy atom. The number of aliphatic hydroxyl groups is 1. The number of hydrogen-bond donors (Lipinski definition) is 1. The van der Waals surface area contributed by atoms with Crippen LogP contribution in [0, 0.1) is 11.8 Å². The zero-order valence-electron chi connectivity index (χ0n) is 8.74. The van der Waals surface area contributed by atoms with E-state index in [4.69, 9.17) is 9.84 Å². The van der Waals surface area contributed by atoms with Gasteiger partial charge in [-0.05, 0) is 43.9 Å². The zero-order chi connectivity index (χ0) is 9.60. The molecule has 80 valence electrons. The van der Waals surface area contributed by atoms with Gasteiger partial charge in [-0.3, -0.25) is 0 Å². The summed E-state index contributed by atoms with van der Waals surface area (Å²) in [5, 5.41) is 9.10. The smallest absolute Gasteiger partial charge is 0.0814 e. The lowest BCUT2D eigenvalue weighted by molar-refractivity contribution is -0.0912. The highest BCUT2D eigenvalue weighted by Crippen LogP contribution is 2.52. The fraction of sp³-hybridized carbons (Fsp3) is 1.00. The summed E-state index contributed by atoms with van der Waals surface area (Å²) >= 11 is 0. The van der Waals surface area contributed by atoms with Crippen LogP contribution in [0.5, 0.6) is 0 Å². The van der Waals surface area contributed by atoms with Crippen LogP contribution >= 0.6 is 0 Å². The number of fused-ring (bicyclic) bond motifs is 2. The van der Waals surface area contributed by atoms with E-state index in [1.165, 1.54) is 38.5 Å². The predicted molar refractivity (Wildman–Crippen MR) is 54.0 cm³/mol. The molecule has 1 saturated heterocycles. The van der Waals surface area contributed by atoms with Crippen molar-refractivity contribution in [2.75, 3.05) is 6.61 Å². The van der Waals surface area contributed by atoms with Gasteiger partial charge in [-0.25, -0.2) is 0 Å². The molecule has 0 aromatic carbocycles. The number of ether oxygens (including phenoxy) is 1. The van der Waals surface area contributed by atoms with E-state index in [9.17, 15) is 0 Å². The summed E-state index contributed by atoms with van der Waals surface area (Å²) in [4.78, 5) is 0. The van der Waals surface area contributed by atoms with E-state index in [1.54, 1.807) is 0 Å². The van der Waals surface area contributed by atoms with Gasteiger partial charge >= 0.3 is 0 Å². The molecule has 0 aromatic heterocycles. The molecule has 3 unspecified atom stereocenters. The molecule has 0 amide bonds. The van der Waals surface area contributed by atoms with Gasteiger partial charge < -0.3 is 9.84 Å². The van der Waals surface area contributed by atoms with Gasteiger partial charge in [-0.15, -0.1) is 0 Å². The topological polar surface area (TPSA) is 29.5 Å². The van der Waals surface area contributed by atoms with Crippen molar-refractivity contribution in [3.05, 3.63) is 0 Å². The predicted octanol–water partition coefficient (Wildman–Crippen LogP) is 2.11. The summed E-state index contributed by atoms with van der Waals surface area (Å²) in [6.45, 7) is 0.219. The summed E-state index contributed by atoms with van der Waals surface area (Å²) in [5.74, 6) is 1.87. The minimum absolute atomic E-state index is 0.146. The van der Waals surface area contributed by atoms with Crippen molar-refractivity contribution in [3.8, 4) is 0 Å². The van der Waals surface area contributed by atoms with E-state index < -0.39 is 0 Å². The molecule has 2 nitrogen and oxygen atoms in total. The molecular weight excluding hydrogens is 176 g/mol. The quantitative estimate of drug-likeness (QED) is 0.696. The largest absolute Gasteiger partial charge is 0.394 e.